The summed E-state index contributed by atoms with van der Waals surface area (Å²) in [5.74, 6) is 0.556. The summed E-state index contributed by atoms with van der Waals surface area (Å²) in [6, 6.07) is 0. The standard InChI is InChI=1S/C5H12O2/c1-5(2)4-7-6-3/h5H,4H2,1-3H3. The van der Waals surface area contributed by atoms with Gasteiger partial charge in [0, 0.05) is 0 Å². The molecule has 0 radical (unpaired) electrons. The fraction of sp³-hybridized carbons (Fsp3) is 1.00. The van der Waals surface area contributed by atoms with E-state index in [9.17, 15) is 0 Å². The maximum Gasteiger partial charge on any atom is 0.0845 e. The molecule has 0 saturated carbocycles. The Morgan fingerprint density at radius 2 is 2.00 bits per heavy atom. The normalized spacial score (nSPS) is 10.3. The summed E-state index contributed by atoms with van der Waals surface area (Å²) in [5, 5.41) is 0. The molecule has 0 rings (SSSR count). The first kappa shape index (κ1) is 6.92. The molecule has 0 unspecified atom stereocenters. The topological polar surface area (TPSA) is 18.5 Å². The molecule has 0 amide bonds. The Hall–Kier alpha value is -0.0800. The third-order valence-corrected chi connectivity index (χ3v) is 0.519. The van der Waals surface area contributed by atoms with Crippen molar-refractivity contribution in [2.45, 2.75) is 13.8 Å². The smallest absolute Gasteiger partial charge is 0.0845 e. The summed E-state index contributed by atoms with van der Waals surface area (Å²) in [4.78, 5) is 8.95. The van der Waals surface area contributed by atoms with E-state index in [1.807, 2.05) is 0 Å². The molecule has 0 aromatic rings. The van der Waals surface area contributed by atoms with Crippen LogP contribution in [0.2, 0.25) is 0 Å². The third kappa shape index (κ3) is 5.92. The first-order chi connectivity index (χ1) is 3.27. The Morgan fingerprint density at radius 3 is 2.14 bits per heavy atom. The van der Waals surface area contributed by atoms with Gasteiger partial charge in [0.1, 0.15) is 0 Å². The van der Waals surface area contributed by atoms with Crippen molar-refractivity contribution < 1.29 is 9.78 Å². The van der Waals surface area contributed by atoms with Crippen LogP contribution in [0, 0.1) is 5.92 Å². The van der Waals surface area contributed by atoms with Crippen LogP contribution in [0.25, 0.3) is 0 Å². The van der Waals surface area contributed by atoms with Crippen LogP contribution in [0.1, 0.15) is 13.8 Å². The lowest BCUT2D eigenvalue weighted by Gasteiger charge is -2.00. The molecule has 0 fully saturated rings. The van der Waals surface area contributed by atoms with Crippen LogP contribution in [0.5, 0.6) is 0 Å². The first-order valence-electron chi connectivity index (χ1n) is 2.43. The fourth-order valence-electron chi connectivity index (χ4n) is 0.204. The Morgan fingerprint density at radius 1 is 1.43 bits per heavy atom. The van der Waals surface area contributed by atoms with Crippen molar-refractivity contribution in [2.75, 3.05) is 13.7 Å². The van der Waals surface area contributed by atoms with Crippen LogP contribution >= 0.6 is 0 Å². The molecular weight excluding hydrogens is 92.1 g/mol. The maximum atomic E-state index is 4.59. The van der Waals surface area contributed by atoms with Gasteiger partial charge >= 0.3 is 0 Å². The lowest BCUT2D eigenvalue weighted by atomic mass is 10.2. The summed E-state index contributed by atoms with van der Waals surface area (Å²) in [6.45, 7) is 4.81. The van der Waals surface area contributed by atoms with Crippen LogP contribution < -0.4 is 0 Å². The lowest BCUT2D eigenvalue weighted by Crippen LogP contribution is -1.99. The third-order valence-electron chi connectivity index (χ3n) is 0.519. The van der Waals surface area contributed by atoms with E-state index in [0.717, 1.165) is 0 Å². The van der Waals surface area contributed by atoms with Crippen molar-refractivity contribution in [3.05, 3.63) is 0 Å². The second-order valence-corrected chi connectivity index (χ2v) is 1.85. The van der Waals surface area contributed by atoms with Gasteiger partial charge in [0.2, 0.25) is 0 Å². The van der Waals surface area contributed by atoms with E-state index < -0.39 is 0 Å². The zero-order valence-electron chi connectivity index (χ0n) is 5.10. The van der Waals surface area contributed by atoms with Gasteiger partial charge in [0.05, 0.1) is 13.7 Å². The molecule has 0 aromatic heterocycles. The minimum absolute atomic E-state index is 0.556. The molecule has 0 bridgehead atoms. The molecule has 0 N–H and O–H groups in total. The predicted molar refractivity (Wildman–Crippen MR) is 27.8 cm³/mol. The van der Waals surface area contributed by atoms with Gasteiger partial charge in [-0.1, -0.05) is 13.8 Å². The zero-order valence-corrected chi connectivity index (χ0v) is 5.10. The van der Waals surface area contributed by atoms with E-state index in [-0.39, 0.29) is 0 Å². The van der Waals surface area contributed by atoms with Crippen molar-refractivity contribution in [3.8, 4) is 0 Å². The highest BCUT2D eigenvalue weighted by molar-refractivity contribution is 4.34. The van der Waals surface area contributed by atoms with Crippen molar-refractivity contribution >= 4 is 0 Å². The molecule has 0 aliphatic heterocycles. The molecular formula is C5H12O2. The van der Waals surface area contributed by atoms with Crippen LogP contribution in [0.15, 0.2) is 0 Å². The van der Waals surface area contributed by atoms with E-state index >= 15 is 0 Å². The lowest BCUT2D eigenvalue weighted by molar-refractivity contribution is -0.278. The van der Waals surface area contributed by atoms with Crippen LogP contribution in [0.4, 0.5) is 0 Å². The largest absolute Gasteiger partial charge is 0.240 e. The SMILES string of the molecule is COOCC(C)C. The average molecular weight is 104 g/mol. The van der Waals surface area contributed by atoms with Crippen LogP contribution in [-0.4, -0.2) is 13.7 Å². The average Bonchev–Trinajstić information content (AvgIpc) is 1.61. The van der Waals surface area contributed by atoms with Gasteiger partial charge in [0.15, 0.2) is 0 Å². The minimum Gasteiger partial charge on any atom is -0.240 e. The van der Waals surface area contributed by atoms with Crippen molar-refractivity contribution in [3.63, 3.8) is 0 Å². The number of rotatable bonds is 3. The summed E-state index contributed by atoms with van der Waals surface area (Å²) in [6.07, 6.45) is 0. The molecule has 0 saturated heterocycles. The van der Waals surface area contributed by atoms with Gasteiger partial charge in [-0.25, -0.2) is 9.78 Å². The zero-order chi connectivity index (χ0) is 5.70. The Labute approximate surface area is 44.4 Å². The quantitative estimate of drug-likeness (QED) is 0.396. The second kappa shape index (κ2) is 4.09. The molecule has 2 nitrogen and oxygen atoms in total. The molecule has 0 aliphatic carbocycles. The number of hydrogen-bond acceptors (Lipinski definition) is 2. The van der Waals surface area contributed by atoms with Crippen molar-refractivity contribution in [1.29, 1.82) is 0 Å². The fourth-order valence-corrected chi connectivity index (χ4v) is 0.204. The summed E-state index contributed by atoms with van der Waals surface area (Å²) < 4.78 is 0. The van der Waals surface area contributed by atoms with Gasteiger partial charge in [-0.05, 0) is 5.92 Å². The summed E-state index contributed by atoms with van der Waals surface area (Å²) in [7, 11) is 1.52. The highest BCUT2D eigenvalue weighted by Crippen LogP contribution is 1.90. The van der Waals surface area contributed by atoms with Gasteiger partial charge in [-0.3, -0.25) is 0 Å². The predicted octanol–water partition coefficient (Wildman–Crippen LogP) is 1.22. The molecule has 0 aromatic carbocycles. The van der Waals surface area contributed by atoms with E-state index in [1.54, 1.807) is 0 Å². The molecule has 44 valence electrons. The highest BCUT2D eigenvalue weighted by atomic mass is 17.2. The Bertz CT molecular complexity index is 35.1. The molecule has 0 heterocycles. The van der Waals surface area contributed by atoms with Gasteiger partial charge in [-0.15, -0.1) is 0 Å². The number of hydrogen-bond donors (Lipinski definition) is 0. The molecule has 7 heavy (non-hydrogen) atoms. The van der Waals surface area contributed by atoms with Crippen molar-refractivity contribution in [1.82, 2.24) is 0 Å². The minimum atomic E-state index is 0.556. The Kier molecular flexibility index (Phi) is 4.04. The highest BCUT2D eigenvalue weighted by Gasteiger charge is 1.89. The van der Waals surface area contributed by atoms with E-state index in [1.165, 1.54) is 7.11 Å². The monoisotopic (exact) mass is 104 g/mol. The van der Waals surface area contributed by atoms with Crippen LogP contribution in [0.3, 0.4) is 0 Å². The van der Waals surface area contributed by atoms with Gasteiger partial charge in [-0.2, -0.15) is 0 Å². The summed E-state index contributed by atoms with van der Waals surface area (Å²) in [5.41, 5.74) is 0. The van der Waals surface area contributed by atoms with Gasteiger partial charge in [0.25, 0.3) is 0 Å². The van der Waals surface area contributed by atoms with E-state index in [2.05, 4.69) is 23.6 Å². The summed E-state index contributed by atoms with van der Waals surface area (Å²) >= 11 is 0. The van der Waals surface area contributed by atoms with E-state index in [0.29, 0.717) is 12.5 Å². The second-order valence-electron chi connectivity index (χ2n) is 1.85. The molecule has 0 atom stereocenters. The van der Waals surface area contributed by atoms with Crippen LogP contribution in [-0.2, 0) is 9.78 Å². The Balaban J connectivity index is 2.68. The molecule has 0 spiro atoms. The van der Waals surface area contributed by atoms with Crippen molar-refractivity contribution in [2.24, 2.45) is 5.92 Å². The molecule has 2 heteroatoms. The molecule has 0 aliphatic rings. The first-order valence-corrected chi connectivity index (χ1v) is 2.43. The van der Waals surface area contributed by atoms with E-state index in [4.69, 9.17) is 0 Å². The maximum absolute atomic E-state index is 4.59. The van der Waals surface area contributed by atoms with Gasteiger partial charge < -0.3 is 0 Å².